The van der Waals surface area contributed by atoms with Crippen LogP contribution in [0.1, 0.15) is 181 Å². The van der Waals surface area contributed by atoms with Crippen LogP contribution in [-0.4, -0.2) is 77.0 Å². The number of carbonyl (C=O) groups is 4. The van der Waals surface area contributed by atoms with Crippen molar-refractivity contribution in [1.82, 2.24) is 0 Å². The van der Waals surface area contributed by atoms with Crippen LogP contribution >= 0.6 is 0 Å². The lowest BCUT2D eigenvalue weighted by atomic mass is 9.79. The molecular weight excluding hydrogens is 1020 g/mol. The lowest BCUT2D eigenvalue weighted by molar-refractivity contribution is -0.146. The molecule has 0 atom stereocenters. The molecule has 0 fully saturated rings. The van der Waals surface area contributed by atoms with Gasteiger partial charge in [-0.25, -0.2) is 14.4 Å². The number of hydrogen-bond donors (Lipinski definition) is 0. The highest BCUT2D eigenvalue weighted by molar-refractivity contribution is 6.01. The molecule has 0 aliphatic heterocycles. The van der Waals surface area contributed by atoms with Gasteiger partial charge in [-0.3, -0.25) is 4.79 Å². The predicted octanol–water partition coefficient (Wildman–Crippen LogP) is 13.8. The first kappa shape index (κ1) is 61.3. The van der Waals surface area contributed by atoms with E-state index in [-0.39, 0.29) is 99.4 Å². The Morgan fingerprint density at radius 2 is 0.642 bits per heavy atom. The summed E-state index contributed by atoms with van der Waals surface area (Å²) in [5.74, 6) is 0.953. The average Bonchev–Trinajstić information content (AvgIpc) is 3.24. The molecule has 0 radical (unpaired) electrons. The molecule has 6 aromatic rings. The largest absolute Gasteiger partial charge is 0.497 e. The molecule has 0 amide bonds. The van der Waals surface area contributed by atoms with Crippen molar-refractivity contribution in [3.05, 3.63) is 157 Å². The van der Waals surface area contributed by atoms with Crippen molar-refractivity contribution in [3.8, 4) is 28.7 Å². The molecule has 7 rings (SSSR count). The highest BCUT2D eigenvalue weighted by Gasteiger charge is 2.31. The molecule has 1 aliphatic rings. The maximum absolute atomic E-state index is 14.6. The average molecular weight is 1110 g/mol. The van der Waals surface area contributed by atoms with E-state index in [1.54, 1.807) is 27.9 Å². The van der Waals surface area contributed by atoms with Gasteiger partial charge < -0.3 is 37.9 Å². The summed E-state index contributed by atoms with van der Waals surface area (Å²) in [6, 6.07) is 28.5. The SMILES string of the molecule is CCOC(=O)COc1c2cc(C(C)(C)C)cc1Cc1cc(C(C)(C)C)cc(c1OCC(=O)OCC)Cc1cc(C(C)(C)C)cc(c1OCC(=O)c1ccc3cc(OC)ccc3c1)Cc1cc(C(C)(C)C)cc(c1OCC(=O)OCC)C2. The number of Topliss-reactive ketones (excluding diaryl/α,β-unsaturated/α-hetero) is 1. The lowest BCUT2D eigenvalue weighted by Crippen LogP contribution is -2.21. The van der Waals surface area contributed by atoms with Gasteiger partial charge in [-0.2, -0.15) is 0 Å². The molecule has 8 bridgehead atoms. The highest BCUT2D eigenvalue weighted by Crippen LogP contribution is 2.45. The van der Waals surface area contributed by atoms with Gasteiger partial charge in [0.15, 0.2) is 32.2 Å². The van der Waals surface area contributed by atoms with Crippen molar-refractivity contribution in [2.45, 2.75) is 151 Å². The van der Waals surface area contributed by atoms with Gasteiger partial charge in [-0.15, -0.1) is 0 Å². The van der Waals surface area contributed by atoms with Crippen molar-refractivity contribution < 1.29 is 57.1 Å². The zero-order chi connectivity index (χ0) is 59.2. The first-order valence-electron chi connectivity index (χ1n) is 28.3. The van der Waals surface area contributed by atoms with E-state index in [4.69, 9.17) is 37.9 Å². The third kappa shape index (κ3) is 15.4. The van der Waals surface area contributed by atoms with Gasteiger partial charge >= 0.3 is 17.9 Å². The summed E-state index contributed by atoms with van der Waals surface area (Å²) in [6.07, 6.45) is 1.03. The summed E-state index contributed by atoms with van der Waals surface area (Å²) >= 11 is 0. The highest BCUT2D eigenvalue weighted by atomic mass is 16.6. The van der Waals surface area contributed by atoms with Gasteiger partial charge in [0.05, 0.1) is 26.9 Å². The Balaban J connectivity index is 1.60. The number of carbonyl (C=O) groups excluding carboxylic acids is 4. The van der Waals surface area contributed by atoms with E-state index in [0.29, 0.717) is 28.6 Å². The van der Waals surface area contributed by atoms with Crippen molar-refractivity contribution in [3.63, 3.8) is 0 Å². The second-order valence-corrected chi connectivity index (χ2v) is 25.1. The predicted molar refractivity (Wildman–Crippen MR) is 319 cm³/mol. The molecule has 432 valence electrons. The van der Waals surface area contributed by atoms with Crippen molar-refractivity contribution >= 4 is 34.5 Å². The van der Waals surface area contributed by atoms with Gasteiger partial charge in [0.25, 0.3) is 0 Å². The van der Waals surface area contributed by atoms with E-state index in [0.717, 1.165) is 83.3 Å². The van der Waals surface area contributed by atoms with Crippen LogP contribution in [0.3, 0.4) is 0 Å². The Kier molecular flexibility index (Phi) is 19.1. The van der Waals surface area contributed by atoms with Gasteiger partial charge in [0.1, 0.15) is 28.7 Å². The molecule has 0 spiro atoms. The molecule has 0 heterocycles. The van der Waals surface area contributed by atoms with Gasteiger partial charge in [0.2, 0.25) is 0 Å². The minimum Gasteiger partial charge on any atom is -0.497 e. The Morgan fingerprint density at radius 1 is 0.370 bits per heavy atom. The molecule has 0 saturated heterocycles. The number of rotatable bonds is 17. The number of ether oxygens (including phenoxy) is 8. The summed E-state index contributed by atoms with van der Waals surface area (Å²) < 4.78 is 49.1. The summed E-state index contributed by atoms with van der Waals surface area (Å²) in [6.45, 7) is 30.4. The fourth-order valence-corrected chi connectivity index (χ4v) is 10.1. The maximum atomic E-state index is 14.6. The molecule has 0 N–H and O–H groups in total. The van der Waals surface area contributed by atoms with Gasteiger partial charge in [-0.1, -0.05) is 150 Å². The number of fused-ring (bicyclic) bond motifs is 9. The number of methoxy groups -OCH3 is 1. The number of benzene rings is 6. The summed E-state index contributed by atoms with van der Waals surface area (Å²) in [5, 5.41) is 1.82. The first-order valence-corrected chi connectivity index (χ1v) is 28.3. The van der Waals surface area contributed by atoms with E-state index in [1.807, 2.05) is 36.4 Å². The quantitative estimate of drug-likeness (QED) is 0.0487. The van der Waals surface area contributed by atoms with E-state index in [9.17, 15) is 19.2 Å². The van der Waals surface area contributed by atoms with Gasteiger partial charge in [0, 0.05) is 31.2 Å². The molecule has 0 unspecified atom stereocenters. The Morgan fingerprint density at radius 3 is 0.914 bits per heavy atom. The van der Waals surface area contributed by atoms with Crippen LogP contribution in [0.15, 0.2) is 84.9 Å². The number of ketones is 1. The number of esters is 3. The topological polar surface area (TPSA) is 142 Å². The van der Waals surface area contributed by atoms with Crippen LogP contribution in [0.5, 0.6) is 28.7 Å². The van der Waals surface area contributed by atoms with Crippen molar-refractivity contribution in [2.24, 2.45) is 0 Å². The Hall–Kier alpha value is -7.34. The summed E-state index contributed by atoms with van der Waals surface area (Å²) in [7, 11) is 1.63. The van der Waals surface area contributed by atoms with Crippen LogP contribution in [0.25, 0.3) is 10.8 Å². The maximum Gasteiger partial charge on any atom is 0.344 e. The molecule has 0 saturated carbocycles. The van der Waals surface area contributed by atoms with E-state index in [1.165, 1.54) is 0 Å². The zero-order valence-corrected chi connectivity index (χ0v) is 50.8. The summed E-state index contributed by atoms with van der Waals surface area (Å²) in [5.41, 5.74) is 9.36. The van der Waals surface area contributed by atoms with Crippen molar-refractivity contribution in [1.29, 1.82) is 0 Å². The fraction of sp³-hybridized carbons (Fsp3) is 0.449. The first-order chi connectivity index (χ1) is 38.1. The molecule has 6 aromatic carbocycles. The van der Waals surface area contributed by atoms with E-state index < -0.39 is 17.9 Å². The second-order valence-electron chi connectivity index (χ2n) is 25.1. The van der Waals surface area contributed by atoms with E-state index in [2.05, 4.69) is 132 Å². The molecule has 1 aliphatic carbocycles. The zero-order valence-electron chi connectivity index (χ0n) is 50.8. The minimum atomic E-state index is -0.518. The molecule has 81 heavy (non-hydrogen) atoms. The molecule has 12 nitrogen and oxygen atoms in total. The summed E-state index contributed by atoms with van der Waals surface area (Å²) in [4.78, 5) is 54.7. The fourth-order valence-electron chi connectivity index (χ4n) is 10.1. The van der Waals surface area contributed by atoms with Gasteiger partial charge in [-0.05, 0) is 138 Å². The van der Waals surface area contributed by atoms with Crippen LogP contribution in [0, 0.1) is 0 Å². The van der Waals surface area contributed by atoms with Crippen LogP contribution in [0.2, 0.25) is 0 Å². The smallest absolute Gasteiger partial charge is 0.344 e. The minimum absolute atomic E-state index is 0.180. The van der Waals surface area contributed by atoms with E-state index >= 15 is 0 Å². The lowest BCUT2D eigenvalue weighted by Gasteiger charge is -2.29. The molecule has 12 heteroatoms. The normalized spacial score (nSPS) is 12.8. The third-order valence-electron chi connectivity index (χ3n) is 14.6. The Labute approximate surface area is 480 Å². The standard InChI is InChI=1S/C69H84O12/c1-17-75-59(71)39-79-63-47-25-45-29-53(66(4,5)6)30-46(62(45)78-38-58(70)44-21-20-43-37-57(74-16)23-22-42(43)24-44)26-48-32-55(68(10,11)12)34-50(64(48)80-40-60(72)76-18-2)28-52-36-56(69(13,14)15)35-51(65(52)81-41-61(73)77-19-3)27-49(63)33-54(31-47)67(7,8)9/h20-24,29-37H,17-19,25-28,38-41H2,1-16H3. The van der Waals surface area contributed by atoms with Crippen LogP contribution < -0.4 is 23.7 Å². The molecule has 0 aromatic heterocycles. The second kappa shape index (κ2) is 25.2. The monoisotopic (exact) mass is 1100 g/mol. The number of hydrogen-bond acceptors (Lipinski definition) is 12. The van der Waals surface area contributed by atoms with Crippen LogP contribution in [0.4, 0.5) is 0 Å². The molecular formula is C69H84O12. The Bertz CT molecular complexity index is 3160. The van der Waals surface area contributed by atoms with Crippen molar-refractivity contribution in [2.75, 3.05) is 53.4 Å². The van der Waals surface area contributed by atoms with Crippen LogP contribution in [-0.2, 0) is 75.9 Å². The third-order valence-corrected chi connectivity index (χ3v) is 14.6.